The zero-order valence-corrected chi connectivity index (χ0v) is 23.6. The van der Waals surface area contributed by atoms with Crippen LogP contribution >= 0.6 is 23.2 Å². The first-order valence-corrected chi connectivity index (χ1v) is 14.3. The summed E-state index contributed by atoms with van der Waals surface area (Å²) in [5.74, 6) is 0. The molecule has 7 rings (SSSR count). The highest BCUT2D eigenvalue weighted by Crippen LogP contribution is 2.38. The molecule has 1 aromatic carbocycles. The van der Waals surface area contributed by atoms with E-state index in [0.29, 0.717) is 72.0 Å². The summed E-state index contributed by atoms with van der Waals surface area (Å²) < 4.78 is 9.18. The van der Waals surface area contributed by atoms with Crippen LogP contribution in [0.3, 0.4) is 0 Å². The maximum Gasteiger partial charge on any atom is 0.320 e. The molecule has 2 fully saturated rings. The topological polar surface area (TPSA) is 101 Å². The van der Waals surface area contributed by atoms with E-state index in [1.54, 1.807) is 18.2 Å². The van der Waals surface area contributed by atoms with E-state index in [1.165, 1.54) is 0 Å². The minimum atomic E-state index is -0.240. The number of ether oxygens (including phenoxy) is 1. The van der Waals surface area contributed by atoms with E-state index in [0.717, 1.165) is 28.5 Å². The fourth-order valence-electron chi connectivity index (χ4n) is 5.76. The smallest absolute Gasteiger partial charge is 0.320 e. The summed E-state index contributed by atoms with van der Waals surface area (Å²) in [7, 11) is 0. The highest BCUT2D eigenvalue weighted by molar-refractivity contribution is 6.39. The Morgan fingerprint density at radius 1 is 1.05 bits per heavy atom. The molecule has 0 bridgehead atoms. The van der Waals surface area contributed by atoms with Gasteiger partial charge in [-0.05, 0) is 30.7 Å². The number of carbonyl (C=O) groups excluding carboxylic acids is 1. The van der Waals surface area contributed by atoms with Crippen molar-refractivity contribution in [2.75, 3.05) is 39.4 Å². The summed E-state index contributed by atoms with van der Waals surface area (Å²) in [6, 6.07) is 9.40. The van der Waals surface area contributed by atoms with Crippen molar-refractivity contribution in [1.82, 2.24) is 33.9 Å². The van der Waals surface area contributed by atoms with Crippen molar-refractivity contribution in [3.05, 3.63) is 70.9 Å². The molecular weight excluding hydrogens is 565 g/mol. The Morgan fingerprint density at radius 2 is 1.85 bits per heavy atom. The Kier molecular flexibility index (Phi) is 6.78. The van der Waals surface area contributed by atoms with Crippen LogP contribution in [0.4, 0.5) is 4.79 Å². The number of likely N-dealkylation sites (tertiary alicyclic amines) is 1. The number of aliphatic hydroxyl groups is 1. The summed E-state index contributed by atoms with van der Waals surface area (Å²) in [4.78, 5) is 26.3. The van der Waals surface area contributed by atoms with E-state index in [1.807, 2.05) is 55.8 Å². The van der Waals surface area contributed by atoms with Gasteiger partial charge in [-0.2, -0.15) is 5.10 Å². The number of aliphatic hydroxyl groups excluding tert-OH is 1. The van der Waals surface area contributed by atoms with Gasteiger partial charge in [0, 0.05) is 66.8 Å². The first-order chi connectivity index (χ1) is 20.0. The lowest BCUT2D eigenvalue weighted by Gasteiger charge is -2.30. The predicted octanol–water partition coefficient (Wildman–Crippen LogP) is 4.91. The van der Waals surface area contributed by atoms with Gasteiger partial charge in [0.1, 0.15) is 5.65 Å². The third-order valence-electron chi connectivity index (χ3n) is 7.92. The Morgan fingerprint density at radius 3 is 2.63 bits per heavy atom. The molecule has 2 aliphatic rings. The standard InChI is InChI=1S/C29H27Cl2N7O3/c30-22-2-1-3-23(31)26(22)27-25(17-39)37-7-5-24-21(28(37)34-27)12-18(13-32-24)19-14-33-38(15-19)20-4-6-36(16-20)29(40)35-8-10-41-11-9-35/h1-3,5,7,12-15,20,39H,4,6,8-11,16-17H2. The number of rotatable bonds is 4. The first kappa shape index (κ1) is 26.2. The fourth-order valence-corrected chi connectivity index (χ4v) is 6.33. The maximum absolute atomic E-state index is 12.9. The fraction of sp³-hybridized carbons (Fsp3) is 0.310. The number of hydrogen-bond acceptors (Lipinski definition) is 6. The predicted molar refractivity (Wildman–Crippen MR) is 156 cm³/mol. The summed E-state index contributed by atoms with van der Waals surface area (Å²) >= 11 is 13.0. The van der Waals surface area contributed by atoms with E-state index in [2.05, 4.69) is 5.10 Å². The Balaban J connectivity index is 1.20. The van der Waals surface area contributed by atoms with Gasteiger partial charge in [0.05, 0.1) is 59.0 Å². The minimum Gasteiger partial charge on any atom is -0.390 e. The van der Waals surface area contributed by atoms with Crippen molar-refractivity contribution in [2.24, 2.45) is 0 Å². The molecule has 2 saturated heterocycles. The molecule has 1 N–H and O–H groups in total. The number of imidazole rings is 1. The van der Waals surface area contributed by atoms with Gasteiger partial charge in [-0.15, -0.1) is 0 Å². The normalized spacial score (nSPS) is 17.7. The van der Waals surface area contributed by atoms with E-state index in [4.69, 9.17) is 37.9 Å². The number of hydrogen-bond donors (Lipinski definition) is 1. The largest absolute Gasteiger partial charge is 0.390 e. The highest BCUT2D eigenvalue weighted by Gasteiger charge is 2.31. The first-order valence-electron chi connectivity index (χ1n) is 13.5. The number of halogens is 2. The summed E-state index contributed by atoms with van der Waals surface area (Å²) in [6.45, 7) is 3.54. The lowest BCUT2D eigenvalue weighted by Crippen LogP contribution is -2.47. The van der Waals surface area contributed by atoms with Crippen molar-refractivity contribution in [3.8, 4) is 22.4 Å². The van der Waals surface area contributed by atoms with Crippen molar-refractivity contribution in [2.45, 2.75) is 19.1 Å². The monoisotopic (exact) mass is 591 g/mol. The van der Waals surface area contributed by atoms with Crippen molar-refractivity contribution < 1.29 is 14.6 Å². The highest BCUT2D eigenvalue weighted by atomic mass is 35.5. The van der Waals surface area contributed by atoms with Crippen LogP contribution in [-0.4, -0.2) is 84.5 Å². The van der Waals surface area contributed by atoms with Crippen LogP contribution in [0.1, 0.15) is 18.2 Å². The zero-order chi connectivity index (χ0) is 28.1. The molecule has 4 aromatic heterocycles. The SMILES string of the molecule is O=C(N1CCOCC1)N1CCC(n2cc(-c3cnc4ccn5c(CO)c(-c6c(Cl)cccc6Cl)nc5c4c3)cn2)C1. The van der Waals surface area contributed by atoms with Gasteiger partial charge in [0.15, 0.2) is 0 Å². The zero-order valence-electron chi connectivity index (χ0n) is 22.1. The quantitative estimate of drug-likeness (QED) is 0.318. The number of benzene rings is 1. The molecule has 6 heterocycles. The second kappa shape index (κ2) is 10.6. The van der Waals surface area contributed by atoms with E-state index in [-0.39, 0.29) is 18.7 Å². The number of urea groups is 1. The van der Waals surface area contributed by atoms with Gasteiger partial charge in [-0.1, -0.05) is 29.3 Å². The summed E-state index contributed by atoms with van der Waals surface area (Å²) in [6.07, 6.45) is 8.36. The third kappa shape index (κ3) is 4.61. The Bertz CT molecular complexity index is 1760. The summed E-state index contributed by atoms with van der Waals surface area (Å²) in [5.41, 5.74) is 4.93. The van der Waals surface area contributed by atoms with Crippen LogP contribution < -0.4 is 0 Å². The van der Waals surface area contributed by atoms with Gasteiger partial charge in [-0.25, -0.2) is 9.78 Å². The van der Waals surface area contributed by atoms with Gasteiger partial charge in [0.25, 0.3) is 0 Å². The average Bonchev–Trinajstić information content (AvgIpc) is 3.75. The molecule has 1 unspecified atom stereocenters. The Hall–Kier alpha value is -3.70. The summed E-state index contributed by atoms with van der Waals surface area (Å²) in [5, 5.41) is 16.7. The number of aromatic nitrogens is 5. The molecule has 1 atom stereocenters. The number of pyridine rings is 2. The molecule has 41 heavy (non-hydrogen) atoms. The molecule has 2 aliphatic heterocycles. The van der Waals surface area contributed by atoms with E-state index >= 15 is 0 Å². The third-order valence-corrected chi connectivity index (χ3v) is 8.55. The van der Waals surface area contributed by atoms with E-state index < -0.39 is 0 Å². The number of fused-ring (bicyclic) bond motifs is 3. The van der Waals surface area contributed by atoms with E-state index in [9.17, 15) is 9.90 Å². The maximum atomic E-state index is 12.9. The van der Waals surface area contributed by atoms with Crippen molar-refractivity contribution in [1.29, 1.82) is 0 Å². The van der Waals surface area contributed by atoms with Gasteiger partial charge >= 0.3 is 6.03 Å². The lowest BCUT2D eigenvalue weighted by molar-refractivity contribution is 0.0449. The van der Waals surface area contributed by atoms with Crippen LogP contribution in [0.2, 0.25) is 10.0 Å². The molecule has 2 amide bonds. The van der Waals surface area contributed by atoms with Gasteiger partial charge in [-0.3, -0.25) is 9.67 Å². The van der Waals surface area contributed by atoms with Crippen molar-refractivity contribution in [3.63, 3.8) is 0 Å². The molecule has 0 spiro atoms. The van der Waals surface area contributed by atoms with Gasteiger partial charge in [0.2, 0.25) is 0 Å². The molecule has 12 heteroatoms. The van der Waals surface area contributed by atoms with Crippen LogP contribution in [0.15, 0.2) is 55.1 Å². The number of morpholine rings is 1. The second-order valence-corrected chi connectivity index (χ2v) is 11.1. The number of nitrogens with zero attached hydrogens (tertiary/aromatic N) is 7. The molecule has 5 aromatic rings. The average molecular weight is 592 g/mol. The van der Waals surface area contributed by atoms with Crippen LogP contribution in [0.25, 0.3) is 38.9 Å². The minimum absolute atomic E-state index is 0.0744. The molecule has 0 radical (unpaired) electrons. The van der Waals surface area contributed by atoms with Gasteiger partial charge < -0.3 is 24.0 Å². The molecular formula is C29H27Cl2N7O3. The van der Waals surface area contributed by atoms with Crippen LogP contribution in [-0.2, 0) is 11.3 Å². The molecule has 0 aliphatic carbocycles. The molecule has 210 valence electrons. The van der Waals surface area contributed by atoms with Crippen LogP contribution in [0.5, 0.6) is 0 Å². The number of amides is 2. The van der Waals surface area contributed by atoms with Crippen LogP contribution in [0, 0.1) is 0 Å². The number of carbonyl (C=O) groups is 1. The Labute approximate surface area is 245 Å². The second-order valence-electron chi connectivity index (χ2n) is 10.3. The van der Waals surface area contributed by atoms with Crippen molar-refractivity contribution >= 4 is 45.8 Å². The molecule has 10 nitrogen and oxygen atoms in total. The molecule has 0 saturated carbocycles. The lowest BCUT2D eigenvalue weighted by atomic mass is 10.1.